The monoisotopic (exact) mass is 473 g/mol. The Kier molecular flexibility index (Phi) is 7.77. The Morgan fingerprint density at radius 2 is 1.74 bits per heavy atom. The van der Waals surface area contributed by atoms with Crippen molar-refractivity contribution >= 4 is 16.9 Å². The first-order valence-corrected chi connectivity index (χ1v) is 10.8. The number of aromatic nitrogens is 1. The maximum absolute atomic E-state index is 12.2. The van der Waals surface area contributed by atoms with Crippen molar-refractivity contribution in [2.24, 2.45) is 5.41 Å². The standard InChI is InChI=1S/C26H26F3NO4/c1-4-32-24(31)17-30-15-13-20-9-12-22(16-23(20)30)33-18-25(2,3)14-5-6-19-7-10-21(11-8-19)34-26(27,28)29/h7-13,15-16H,4,14,17-18H2,1-3H3. The molecule has 0 saturated carbocycles. The number of hydrogen-bond acceptors (Lipinski definition) is 4. The lowest BCUT2D eigenvalue weighted by Crippen LogP contribution is -2.20. The molecular weight excluding hydrogens is 447 g/mol. The SMILES string of the molecule is CCOC(=O)Cn1ccc2ccc(OCC(C)(C)CC#Cc3ccc(OC(F)(F)F)cc3)cc21. The van der Waals surface area contributed by atoms with Crippen molar-refractivity contribution in [3.8, 4) is 23.3 Å². The third-order valence-corrected chi connectivity index (χ3v) is 4.87. The van der Waals surface area contributed by atoms with E-state index in [1.165, 1.54) is 24.3 Å². The molecule has 1 aromatic heterocycles. The molecule has 3 aromatic rings. The molecule has 0 N–H and O–H groups in total. The van der Waals surface area contributed by atoms with Gasteiger partial charge in [0.25, 0.3) is 0 Å². The van der Waals surface area contributed by atoms with Crippen molar-refractivity contribution in [2.75, 3.05) is 13.2 Å². The van der Waals surface area contributed by atoms with Crippen molar-refractivity contribution < 1.29 is 32.2 Å². The second kappa shape index (κ2) is 10.6. The number of carbonyl (C=O) groups is 1. The fourth-order valence-electron chi connectivity index (χ4n) is 3.19. The molecule has 0 aliphatic heterocycles. The van der Waals surface area contributed by atoms with Gasteiger partial charge >= 0.3 is 12.3 Å². The van der Waals surface area contributed by atoms with Gasteiger partial charge < -0.3 is 18.8 Å². The highest BCUT2D eigenvalue weighted by atomic mass is 19.4. The molecule has 180 valence electrons. The Balaban J connectivity index is 1.58. The lowest BCUT2D eigenvalue weighted by atomic mass is 9.90. The van der Waals surface area contributed by atoms with Crippen LogP contribution < -0.4 is 9.47 Å². The molecule has 0 radical (unpaired) electrons. The smallest absolute Gasteiger partial charge is 0.493 e. The lowest BCUT2D eigenvalue weighted by Gasteiger charge is -2.22. The van der Waals surface area contributed by atoms with Crippen LogP contribution in [0.25, 0.3) is 10.9 Å². The van der Waals surface area contributed by atoms with Gasteiger partial charge in [-0.3, -0.25) is 4.79 Å². The molecule has 0 atom stereocenters. The van der Waals surface area contributed by atoms with Crippen LogP contribution in [0.2, 0.25) is 0 Å². The molecular formula is C26H26F3NO4. The highest BCUT2D eigenvalue weighted by Crippen LogP contribution is 2.26. The van der Waals surface area contributed by atoms with E-state index in [0.717, 1.165) is 10.9 Å². The molecule has 8 heteroatoms. The van der Waals surface area contributed by atoms with E-state index in [4.69, 9.17) is 9.47 Å². The number of alkyl halides is 3. The number of halogens is 3. The Hall–Kier alpha value is -3.60. The summed E-state index contributed by atoms with van der Waals surface area (Å²) in [6.45, 7) is 6.68. The van der Waals surface area contributed by atoms with Crippen LogP contribution in [0.15, 0.2) is 54.7 Å². The number of nitrogens with zero attached hydrogens (tertiary/aromatic N) is 1. The third-order valence-electron chi connectivity index (χ3n) is 4.87. The van der Waals surface area contributed by atoms with E-state index in [9.17, 15) is 18.0 Å². The van der Waals surface area contributed by atoms with E-state index in [2.05, 4.69) is 16.6 Å². The number of rotatable bonds is 8. The van der Waals surface area contributed by atoms with Crippen molar-refractivity contribution in [2.45, 2.75) is 40.1 Å². The van der Waals surface area contributed by atoms with E-state index in [1.54, 1.807) is 6.92 Å². The lowest BCUT2D eigenvalue weighted by molar-refractivity contribution is -0.274. The maximum Gasteiger partial charge on any atom is 0.573 e. The van der Waals surface area contributed by atoms with E-state index < -0.39 is 6.36 Å². The zero-order chi connectivity index (χ0) is 24.8. The van der Waals surface area contributed by atoms with Gasteiger partial charge in [-0.2, -0.15) is 0 Å². The van der Waals surface area contributed by atoms with Gasteiger partial charge in [-0.1, -0.05) is 25.7 Å². The Morgan fingerprint density at radius 1 is 1.03 bits per heavy atom. The molecule has 34 heavy (non-hydrogen) atoms. The Bertz CT molecular complexity index is 1180. The van der Waals surface area contributed by atoms with E-state index in [0.29, 0.717) is 30.9 Å². The Morgan fingerprint density at radius 3 is 2.41 bits per heavy atom. The van der Waals surface area contributed by atoms with Crippen molar-refractivity contribution in [3.05, 3.63) is 60.3 Å². The zero-order valence-corrected chi connectivity index (χ0v) is 19.2. The number of esters is 1. The van der Waals surface area contributed by atoms with Crippen LogP contribution in [0.5, 0.6) is 11.5 Å². The fourth-order valence-corrected chi connectivity index (χ4v) is 3.19. The molecule has 0 bridgehead atoms. The van der Waals surface area contributed by atoms with Gasteiger partial charge in [0.2, 0.25) is 0 Å². The number of carbonyl (C=O) groups excluding carboxylic acids is 1. The minimum Gasteiger partial charge on any atom is -0.493 e. The number of fused-ring (bicyclic) bond motifs is 1. The van der Waals surface area contributed by atoms with Gasteiger partial charge in [-0.25, -0.2) is 0 Å². The maximum atomic E-state index is 12.2. The number of hydrogen-bond donors (Lipinski definition) is 0. The largest absolute Gasteiger partial charge is 0.573 e. The summed E-state index contributed by atoms with van der Waals surface area (Å²) >= 11 is 0. The van der Waals surface area contributed by atoms with Crippen LogP contribution in [-0.4, -0.2) is 30.1 Å². The van der Waals surface area contributed by atoms with Gasteiger partial charge in [-0.15, -0.1) is 13.2 Å². The first-order chi connectivity index (χ1) is 16.0. The summed E-state index contributed by atoms with van der Waals surface area (Å²) in [5.41, 5.74) is 1.20. The average molecular weight is 473 g/mol. The van der Waals surface area contributed by atoms with Crippen LogP contribution in [-0.2, 0) is 16.1 Å². The summed E-state index contributed by atoms with van der Waals surface area (Å²) in [6, 6.07) is 13.1. The Labute approximate surface area is 196 Å². The first-order valence-electron chi connectivity index (χ1n) is 10.8. The predicted octanol–water partition coefficient (Wildman–Crippen LogP) is 5.95. The first kappa shape index (κ1) is 25.0. The normalized spacial score (nSPS) is 11.6. The summed E-state index contributed by atoms with van der Waals surface area (Å²) in [4.78, 5) is 11.8. The van der Waals surface area contributed by atoms with Crippen LogP contribution in [0.1, 0.15) is 32.8 Å². The number of ether oxygens (including phenoxy) is 3. The summed E-state index contributed by atoms with van der Waals surface area (Å²) in [7, 11) is 0. The topological polar surface area (TPSA) is 49.7 Å². The van der Waals surface area contributed by atoms with Crippen molar-refractivity contribution in [1.29, 1.82) is 0 Å². The molecule has 0 unspecified atom stereocenters. The summed E-state index contributed by atoms with van der Waals surface area (Å²) in [5, 5.41) is 0.994. The summed E-state index contributed by atoms with van der Waals surface area (Å²) < 4.78 is 53.4. The van der Waals surface area contributed by atoms with Crippen LogP contribution in [0.3, 0.4) is 0 Å². The van der Waals surface area contributed by atoms with Gasteiger partial charge in [0.15, 0.2) is 0 Å². The van der Waals surface area contributed by atoms with E-state index in [1.807, 2.05) is 48.9 Å². The average Bonchev–Trinajstić information content (AvgIpc) is 3.14. The van der Waals surface area contributed by atoms with E-state index >= 15 is 0 Å². The highest BCUT2D eigenvalue weighted by Gasteiger charge is 2.30. The van der Waals surface area contributed by atoms with Crippen molar-refractivity contribution in [1.82, 2.24) is 4.57 Å². The molecule has 0 spiro atoms. The second-order valence-electron chi connectivity index (χ2n) is 8.47. The minimum absolute atomic E-state index is 0.130. The highest BCUT2D eigenvalue weighted by molar-refractivity contribution is 5.83. The summed E-state index contributed by atoms with van der Waals surface area (Å²) in [6.07, 6.45) is -2.35. The van der Waals surface area contributed by atoms with Gasteiger partial charge in [0, 0.05) is 29.7 Å². The van der Waals surface area contributed by atoms with Crippen LogP contribution in [0.4, 0.5) is 13.2 Å². The second-order valence-corrected chi connectivity index (χ2v) is 8.47. The van der Waals surface area contributed by atoms with Gasteiger partial charge in [-0.05, 0) is 54.8 Å². The molecule has 0 aliphatic carbocycles. The molecule has 0 amide bonds. The van der Waals surface area contributed by atoms with Gasteiger partial charge in [0.05, 0.1) is 18.7 Å². The predicted molar refractivity (Wildman–Crippen MR) is 122 cm³/mol. The quantitative estimate of drug-likeness (QED) is 0.300. The fraction of sp³-hybridized carbons (Fsp3) is 0.346. The van der Waals surface area contributed by atoms with Crippen LogP contribution >= 0.6 is 0 Å². The van der Waals surface area contributed by atoms with Gasteiger partial charge in [0.1, 0.15) is 18.0 Å². The van der Waals surface area contributed by atoms with Crippen molar-refractivity contribution in [3.63, 3.8) is 0 Å². The zero-order valence-electron chi connectivity index (χ0n) is 19.2. The molecule has 0 aliphatic rings. The molecule has 2 aromatic carbocycles. The summed E-state index contributed by atoms with van der Waals surface area (Å²) in [5.74, 6) is 6.12. The number of benzene rings is 2. The third kappa shape index (κ3) is 7.48. The minimum atomic E-state index is -4.72. The molecule has 1 heterocycles. The molecule has 3 rings (SSSR count). The van der Waals surface area contributed by atoms with E-state index in [-0.39, 0.29) is 23.7 Å². The molecule has 0 saturated heterocycles. The van der Waals surface area contributed by atoms with Crippen LogP contribution in [0, 0.1) is 17.3 Å². The molecule has 0 fully saturated rings. The molecule has 5 nitrogen and oxygen atoms in total.